The number of hydrogen-bond acceptors (Lipinski definition) is 5. The molecule has 0 aliphatic carbocycles. The topological polar surface area (TPSA) is 85.2 Å². The van der Waals surface area contributed by atoms with Gasteiger partial charge in [0.05, 0.1) is 18.4 Å². The number of carbonyl (C=O) groups is 2. The van der Waals surface area contributed by atoms with E-state index in [1.165, 1.54) is 7.11 Å². The average molecular weight is 332 g/mol. The van der Waals surface area contributed by atoms with E-state index in [0.29, 0.717) is 17.1 Å². The number of esters is 1. The molecule has 1 aromatic heterocycles. The molecule has 0 spiro atoms. The van der Waals surface area contributed by atoms with Crippen molar-refractivity contribution in [2.24, 2.45) is 7.05 Å². The number of carbonyl (C=O) groups excluding carboxylic acids is 2. The van der Waals surface area contributed by atoms with Crippen LogP contribution in [0.25, 0.3) is 0 Å². The van der Waals surface area contributed by atoms with Crippen LogP contribution in [0.2, 0.25) is 0 Å². The summed E-state index contributed by atoms with van der Waals surface area (Å²) in [5, 5.41) is 9.96. The van der Waals surface area contributed by atoms with Crippen molar-refractivity contribution in [3.05, 3.63) is 41.1 Å². The molecule has 0 radical (unpaired) electrons. The summed E-state index contributed by atoms with van der Waals surface area (Å²) >= 11 is 1.78. The molecule has 3 rings (SSSR count). The predicted molar refractivity (Wildman–Crippen MR) is 88.6 cm³/mol. The van der Waals surface area contributed by atoms with Gasteiger partial charge in [-0.25, -0.2) is 9.59 Å². The van der Waals surface area contributed by atoms with E-state index >= 15 is 0 Å². The molecular formula is C15H16N4O3S. The number of nitrogens with one attached hydrogen (secondary N) is 2. The Bertz CT molecular complexity index is 755. The van der Waals surface area contributed by atoms with Crippen molar-refractivity contribution in [2.75, 3.05) is 17.7 Å². The van der Waals surface area contributed by atoms with Crippen LogP contribution in [0.15, 0.2) is 24.3 Å². The number of fused-ring (bicyclic) bond motifs is 1. The van der Waals surface area contributed by atoms with Gasteiger partial charge < -0.3 is 10.1 Å². The number of amides is 2. The van der Waals surface area contributed by atoms with Crippen LogP contribution in [0.1, 0.15) is 21.6 Å². The maximum Gasteiger partial charge on any atom is 0.337 e. The summed E-state index contributed by atoms with van der Waals surface area (Å²) in [6, 6.07) is 6.14. The Hall–Kier alpha value is -2.48. The van der Waals surface area contributed by atoms with Gasteiger partial charge >= 0.3 is 12.0 Å². The largest absolute Gasteiger partial charge is 0.465 e. The smallest absolute Gasteiger partial charge is 0.337 e. The number of methoxy groups -OCH3 is 1. The second kappa shape index (κ2) is 6.33. The van der Waals surface area contributed by atoms with E-state index in [1.54, 1.807) is 40.7 Å². The number of rotatable bonds is 3. The van der Waals surface area contributed by atoms with Crippen molar-refractivity contribution in [1.29, 1.82) is 0 Å². The summed E-state index contributed by atoms with van der Waals surface area (Å²) in [5.74, 6) is 2.03. The van der Waals surface area contributed by atoms with Crippen molar-refractivity contribution < 1.29 is 14.3 Å². The first-order valence-corrected chi connectivity index (χ1v) is 8.13. The van der Waals surface area contributed by atoms with Crippen LogP contribution < -0.4 is 10.6 Å². The maximum absolute atomic E-state index is 12.1. The molecule has 0 saturated heterocycles. The van der Waals surface area contributed by atoms with Crippen LogP contribution in [0.5, 0.6) is 0 Å². The van der Waals surface area contributed by atoms with E-state index in [2.05, 4.69) is 20.5 Å². The fourth-order valence-electron chi connectivity index (χ4n) is 2.37. The summed E-state index contributed by atoms with van der Waals surface area (Å²) in [5.41, 5.74) is 3.12. The van der Waals surface area contributed by atoms with Crippen molar-refractivity contribution in [3.63, 3.8) is 0 Å². The highest BCUT2D eigenvalue weighted by molar-refractivity contribution is 7.98. The molecule has 120 valence electrons. The first-order chi connectivity index (χ1) is 11.1. The van der Waals surface area contributed by atoms with Crippen LogP contribution >= 0.6 is 11.8 Å². The molecular weight excluding hydrogens is 316 g/mol. The number of benzene rings is 1. The first kappa shape index (κ1) is 15.4. The fraction of sp³-hybridized carbons (Fsp3) is 0.267. The number of anilines is 2. The molecule has 7 nitrogen and oxygen atoms in total. The summed E-state index contributed by atoms with van der Waals surface area (Å²) in [7, 11) is 3.14. The van der Waals surface area contributed by atoms with Crippen molar-refractivity contribution in [1.82, 2.24) is 9.78 Å². The van der Waals surface area contributed by atoms with E-state index in [-0.39, 0.29) is 6.03 Å². The molecule has 0 unspecified atom stereocenters. The third-order valence-corrected chi connectivity index (χ3v) is 4.48. The van der Waals surface area contributed by atoms with Crippen LogP contribution in [-0.4, -0.2) is 28.9 Å². The van der Waals surface area contributed by atoms with Gasteiger partial charge in [0, 0.05) is 29.8 Å². The Labute approximate surface area is 137 Å². The van der Waals surface area contributed by atoms with Gasteiger partial charge in [0.2, 0.25) is 0 Å². The molecule has 0 saturated carbocycles. The monoisotopic (exact) mass is 332 g/mol. The van der Waals surface area contributed by atoms with Crippen LogP contribution in [0.3, 0.4) is 0 Å². The van der Waals surface area contributed by atoms with E-state index in [4.69, 9.17) is 0 Å². The van der Waals surface area contributed by atoms with Gasteiger partial charge in [0.1, 0.15) is 5.82 Å². The number of hydrogen-bond donors (Lipinski definition) is 2. The summed E-state index contributed by atoms with van der Waals surface area (Å²) in [6.07, 6.45) is 0. The Balaban J connectivity index is 1.67. The van der Waals surface area contributed by atoms with Crippen LogP contribution in [0, 0.1) is 0 Å². The molecule has 0 bridgehead atoms. The van der Waals surface area contributed by atoms with Crippen molar-refractivity contribution in [3.8, 4) is 0 Å². The molecule has 2 amide bonds. The molecule has 2 N–H and O–H groups in total. The second-order valence-corrected chi connectivity index (χ2v) is 6.02. The van der Waals surface area contributed by atoms with Crippen molar-refractivity contribution in [2.45, 2.75) is 11.5 Å². The summed E-state index contributed by atoms with van der Waals surface area (Å²) < 4.78 is 6.32. The zero-order valence-corrected chi connectivity index (χ0v) is 13.6. The number of nitrogens with zero attached hydrogens (tertiary/aromatic N) is 2. The highest BCUT2D eigenvalue weighted by atomic mass is 32.2. The van der Waals surface area contributed by atoms with E-state index < -0.39 is 5.97 Å². The molecule has 1 aliphatic heterocycles. The van der Waals surface area contributed by atoms with Gasteiger partial charge in [0.15, 0.2) is 0 Å². The minimum Gasteiger partial charge on any atom is -0.465 e. The Morgan fingerprint density at radius 1 is 1.22 bits per heavy atom. The lowest BCUT2D eigenvalue weighted by molar-refractivity contribution is 0.0601. The molecule has 0 atom stereocenters. The highest BCUT2D eigenvalue weighted by Gasteiger charge is 2.22. The molecule has 8 heteroatoms. The Morgan fingerprint density at radius 2 is 1.96 bits per heavy atom. The number of aryl methyl sites for hydroxylation is 1. The normalized spacial score (nSPS) is 12.6. The van der Waals surface area contributed by atoms with Crippen molar-refractivity contribution >= 4 is 35.3 Å². The second-order valence-electron chi connectivity index (χ2n) is 5.04. The van der Waals surface area contributed by atoms with Gasteiger partial charge in [-0.2, -0.15) is 16.9 Å². The third-order valence-electron chi connectivity index (χ3n) is 3.51. The molecule has 23 heavy (non-hydrogen) atoms. The van der Waals surface area contributed by atoms with E-state index in [0.717, 1.165) is 22.8 Å². The summed E-state index contributed by atoms with van der Waals surface area (Å²) in [6.45, 7) is 0. The predicted octanol–water partition coefficient (Wildman–Crippen LogP) is 2.60. The van der Waals surface area contributed by atoms with E-state index in [1.807, 2.05) is 7.05 Å². The number of urea groups is 1. The zero-order valence-electron chi connectivity index (χ0n) is 12.8. The van der Waals surface area contributed by atoms with Gasteiger partial charge in [-0.15, -0.1) is 0 Å². The molecule has 0 fully saturated rings. The van der Waals surface area contributed by atoms with Gasteiger partial charge in [-0.1, -0.05) is 0 Å². The maximum atomic E-state index is 12.1. The van der Waals surface area contributed by atoms with Crippen LogP contribution in [-0.2, 0) is 23.3 Å². The lowest BCUT2D eigenvalue weighted by atomic mass is 10.2. The molecule has 1 aromatic carbocycles. The minimum atomic E-state index is -0.413. The van der Waals surface area contributed by atoms with Gasteiger partial charge in [-0.3, -0.25) is 10.00 Å². The van der Waals surface area contributed by atoms with E-state index in [9.17, 15) is 9.59 Å². The lowest BCUT2D eigenvalue weighted by Gasteiger charge is -2.09. The van der Waals surface area contributed by atoms with Gasteiger partial charge in [0.25, 0.3) is 0 Å². The molecule has 2 heterocycles. The quantitative estimate of drug-likeness (QED) is 0.844. The highest BCUT2D eigenvalue weighted by Crippen LogP contribution is 2.34. The standard InChI is InChI=1S/C15H16N4O3S/c1-19-13(11-7-23-8-12(11)18-19)17-15(21)16-10-5-3-9(4-6-10)14(20)22-2/h3-6H,7-8H2,1-2H3,(H2,16,17,21). The minimum absolute atomic E-state index is 0.349. The zero-order chi connectivity index (χ0) is 16.4. The van der Waals surface area contributed by atoms with Crippen LogP contribution in [0.4, 0.5) is 16.3 Å². The molecule has 2 aromatic rings. The Kier molecular flexibility index (Phi) is 4.24. The Morgan fingerprint density at radius 3 is 2.65 bits per heavy atom. The number of aromatic nitrogens is 2. The third kappa shape index (κ3) is 3.16. The van der Waals surface area contributed by atoms with Gasteiger partial charge in [-0.05, 0) is 24.3 Å². The number of thioether (sulfide) groups is 1. The summed E-state index contributed by atoms with van der Waals surface area (Å²) in [4.78, 5) is 23.5. The first-order valence-electron chi connectivity index (χ1n) is 6.97. The lowest BCUT2D eigenvalue weighted by Crippen LogP contribution is -2.21. The molecule has 1 aliphatic rings. The SMILES string of the molecule is COC(=O)c1ccc(NC(=O)Nc2c3c(nn2C)CSC3)cc1. The number of ether oxygens (including phenoxy) is 1. The average Bonchev–Trinajstić information content (AvgIpc) is 3.10. The fourth-order valence-corrected chi connectivity index (χ4v) is 3.41.